The lowest BCUT2D eigenvalue weighted by Crippen LogP contribution is -2.23. The maximum absolute atomic E-state index is 12.3. The number of rotatable bonds is 6. The molecule has 25 heavy (non-hydrogen) atoms. The van der Waals surface area contributed by atoms with Crippen molar-refractivity contribution < 1.29 is 14.0 Å². The van der Waals surface area contributed by atoms with Crippen LogP contribution in [0.15, 0.2) is 71.3 Å². The second kappa shape index (κ2) is 7.62. The molecule has 0 aliphatic heterocycles. The Morgan fingerprint density at radius 2 is 1.76 bits per heavy atom. The maximum atomic E-state index is 12.3. The highest BCUT2D eigenvalue weighted by atomic mass is 16.3. The van der Waals surface area contributed by atoms with Gasteiger partial charge in [-0.15, -0.1) is 0 Å². The molecule has 0 radical (unpaired) electrons. The Morgan fingerprint density at radius 1 is 0.960 bits per heavy atom. The molecule has 3 rings (SSSR count). The molecule has 4 nitrogen and oxygen atoms in total. The SMILES string of the molecule is Cc1cccc(-c2ccccc2)c1NC(=O)C(=O)CCc1ccco1. The average molecular weight is 333 g/mol. The van der Waals surface area contributed by atoms with Crippen molar-refractivity contribution in [1.82, 2.24) is 0 Å². The van der Waals surface area contributed by atoms with E-state index in [1.807, 2.05) is 55.5 Å². The minimum absolute atomic E-state index is 0.117. The molecule has 0 fully saturated rings. The number of carbonyl (C=O) groups is 2. The van der Waals surface area contributed by atoms with Gasteiger partial charge in [-0.25, -0.2) is 0 Å². The fourth-order valence-corrected chi connectivity index (χ4v) is 2.68. The van der Waals surface area contributed by atoms with Gasteiger partial charge < -0.3 is 9.73 Å². The molecule has 0 aliphatic rings. The third-order valence-electron chi connectivity index (χ3n) is 4.03. The highest BCUT2D eigenvalue weighted by Gasteiger charge is 2.17. The van der Waals surface area contributed by atoms with E-state index in [0.29, 0.717) is 17.9 Å². The number of aryl methyl sites for hydroxylation is 2. The zero-order chi connectivity index (χ0) is 17.6. The van der Waals surface area contributed by atoms with E-state index in [1.165, 1.54) is 0 Å². The summed E-state index contributed by atoms with van der Waals surface area (Å²) in [5.74, 6) is -0.362. The van der Waals surface area contributed by atoms with Crippen LogP contribution in [-0.2, 0) is 16.0 Å². The Labute approximate surface area is 146 Å². The van der Waals surface area contributed by atoms with Gasteiger partial charge in [0.15, 0.2) is 0 Å². The Hall–Kier alpha value is -3.14. The molecule has 0 saturated carbocycles. The summed E-state index contributed by atoms with van der Waals surface area (Å²) in [5.41, 5.74) is 3.47. The number of furan rings is 1. The second-order valence-corrected chi connectivity index (χ2v) is 5.82. The van der Waals surface area contributed by atoms with Gasteiger partial charge in [0.2, 0.25) is 5.78 Å². The van der Waals surface area contributed by atoms with E-state index < -0.39 is 11.7 Å². The number of benzene rings is 2. The highest BCUT2D eigenvalue weighted by molar-refractivity contribution is 6.41. The summed E-state index contributed by atoms with van der Waals surface area (Å²) in [6.07, 6.45) is 2.09. The molecule has 4 heteroatoms. The van der Waals surface area contributed by atoms with Crippen LogP contribution >= 0.6 is 0 Å². The van der Waals surface area contributed by atoms with E-state index in [1.54, 1.807) is 18.4 Å². The van der Waals surface area contributed by atoms with Crippen molar-refractivity contribution in [3.63, 3.8) is 0 Å². The fraction of sp³-hybridized carbons (Fsp3) is 0.143. The minimum Gasteiger partial charge on any atom is -0.469 e. The summed E-state index contributed by atoms with van der Waals surface area (Å²) in [4.78, 5) is 24.5. The first-order valence-corrected chi connectivity index (χ1v) is 8.17. The molecule has 1 amide bonds. The van der Waals surface area contributed by atoms with Gasteiger partial charge in [0.1, 0.15) is 5.76 Å². The number of ketones is 1. The number of carbonyl (C=O) groups excluding carboxylic acids is 2. The van der Waals surface area contributed by atoms with Gasteiger partial charge in [0, 0.05) is 18.4 Å². The molecule has 1 N–H and O–H groups in total. The standard InChI is InChI=1S/C21H19NO3/c1-15-7-5-11-18(16-8-3-2-4-9-16)20(15)22-21(24)19(23)13-12-17-10-6-14-25-17/h2-11,14H,12-13H2,1H3,(H,22,24). The van der Waals surface area contributed by atoms with Crippen LogP contribution in [0.2, 0.25) is 0 Å². The second-order valence-electron chi connectivity index (χ2n) is 5.82. The van der Waals surface area contributed by atoms with Gasteiger partial charge in [-0.05, 0) is 30.2 Å². The molecule has 0 atom stereocenters. The van der Waals surface area contributed by atoms with Gasteiger partial charge in [-0.3, -0.25) is 9.59 Å². The Balaban J connectivity index is 1.76. The van der Waals surface area contributed by atoms with Crippen molar-refractivity contribution in [3.8, 4) is 11.1 Å². The lowest BCUT2D eigenvalue weighted by Gasteiger charge is -2.14. The largest absolute Gasteiger partial charge is 0.469 e. The molecular formula is C21H19NO3. The average Bonchev–Trinajstić information content (AvgIpc) is 3.15. The van der Waals surface area contributed by atoms with Crippen molar-refractivity contribution in [2.75, 3.05) is 5.32 Å². The summed E-state index contributed by atoms with van der Waals surface area (Å²) in [7, 11) is 0. The normalized spacial score (nSPS) is 10.4. The van der Waals surface area contributed by atoms with Gasteiger partial charge in [0.05, 0.1) is 12.0 Å². The van der Waals surface area contributed by atoms with E-state index >= 15 is 0 Å². The topological polar surface area (TPSA) is 59.3 Å². The van der Waals surface area contributed by atoms with E-state index in [-0.39, 0.29) is 6.42 Å². The molecule has 3 aromatic rings. The Morgan fingerprint density at radius 3 is 2.48 bits per heavy atom. The van der Waals surface area contributed by atoms with Crippen LogP contribution in [0.1, 0.15) is 17.7 Å². The van der Waals surface area contributed by atoms with E-state index in [0.717, 1.165) is 16.7 Å². The predicted octanol–water partition coefficient (Wildman–Crippen LogP) is 4.40. The first-order valence-electron chi connectivity index (χ1n) is 8.17. The molecule has 0 aliphatic carbocycles. The zero-order valence-corrected chi connectivity index (χ0v) is 14.0. The fourth-order valence-electron chi connectivity index (χ4n) is 2.68. The Kier molecular flexibility index (Phi) is 5.09. The smallest absolute Gasteiger partial charge is 0.291 e. The van der Waals surface area contributed by atoms with Crippen LogP contribution in [0.3, 0.4) is 0 Å². The van der Waals surface area contributed by atoms with Gasteiger partial charge in [-0.2, -0.15) is 0 Å². The van der Waals surface area contributed by atoms with Crippen LogP contribution in [0.5, 0.6) is 0 Å². The number of anilines is 1. The van der Waals surface area contributed by atoms with E-state index in [4.69, 9.17) is 4.42 Å². The third-order valence-corrected chi connectivity index (χ3v) is 4.03. The van der Waals surface area contributed by atoms with Crippen molar-refractivity contribution in [2.45, 2.75) is 19.8 Å². The minimum atomic E-state index is -0.599. The van der Waals surface area contributed by atoms with Crippen molar-refractivity contribution >= 4 is 17.4 Å². The van der Waals surface area contributed by atoms with Crippen LogP contribution in [0.4, 0.5) is 5.69 Å². The molecule has 0 spiro atoms. The van der Waals surface area contributed by atoms with E-state index in [2.05, 4.69) is 5.32 Å². The van der Waals surface area contributed by atoms with Crippen LogP contribution in [0.25, 0.3) is 11.1 Å². The molecular weight excluding hydrogens is 314 g/mol. The lowest BCUT2D eigenvalue weighted by molar-refractivity contribution is -0.134. The number of nitrogens with one attached hydrogen (secondary N) is 1. The highest BCUT2D eigenvalue weighted by Crippen LogP contribution is 2.30. The predicted molar refractivity (Wildman–Crippen MR) is 97.3 cm³/mol. The molecule has 0 unspecified atom stereocenters. The monoisotopic (exact) mass is 333 g/mol. The molecule has 0 bridgehead atoms. The first kappa shape index (κ1) is 16.7. The number of amides is 1. The molecule has 126 valence electrons. The summed E-state index contributed by atoms with van der Waals surface area (Å²) in [6, 6.07) is 19.1. The first-order chi connectivity index (χ1) is 12.1. The molecule has 1 heterocycles. The summed E-state index contributed by atoms with van der Waals surface area (Å²) >= 11 is 0. The quantitative estimate of drug-likeness (QED) is 0.680. The number of hydrogen-bond acceptors (Lipinski definition) is 3. The van der Waals surface area contributed by atoms with Crippen LogP contribution in [-0.4, -0.2) is 11.7 Å². The molecule has 0 saturated heterocycles. The third kappa shape index (κ3) is 4.04. The summed E-state index contributed by atoms with van der Waals surface area (Å²) in [6.45, 7) is 1.91. The molecule has 2 aromatic carbocycles. The number of hydrogen-bond donors (Lipinski definition) is 1. The maximum Gasteiger partial charge on any atom is 0.291 e. The summed E-state index contributed by atoms with van der Waals surface area (Å²) in [5, 5.41) is 2.79. The van der Waals surface area contributed by atoms with Gasteiger partial charge >= 0.3 is 0 Å². The Bertz CT molecular complexity index is 867. The lowest BCUT2D eigenvalue weighted by atomic mass is 10.0. The van der Waals surface area contributed by atoms with Crippen molar-refractivity contribution in [1.29, 1.82) is 0 Å². The zero-order valence-electron chi connectivity index (χ0n) is 14.0. The number of para-hydroxylation sites is 1. The van der Waals surface area contributed by atoms with Crippen LogP contribution in [0, 0.1) is 6.92 Å². The number of Topliss-reactive ketones (excluding diaryl/α,β-unsaturated/α-hetero) is 1. The summed E-state index contributed by atoms with van der Waals surface area (Å²) < 4.78 is 5.19. The van der Waals surface area contributed by atoms with E-state index in [9.17, 15) is 9.59 Å². The van der Waals surface area contributed by atoms with Crippen molar-refractivity contribution in [3.05, 3.63) is 78.3 Å². The van der Waals surface area contributed by atoms with Gasteiger partial charge in [-0.1, -0.05) is 48.5 Å². The van der Waals surface area contributed by atoms with Crippen molar-refractivity contribution in [2.24, 2.45) is 0 Å². The molecule has 1 aromatic heterocycles. The van der Waals surface area contributed by atoms with Crippen LogP contribution < -0.4 is 5.32 Å². The van der Waals surface area contributed by atoms with Gasteiger partial charge in [0.25, 0.3) is 5.91 Å².